The number of benzene rings is 1. The third-order valence-electron chi connectivity index (χ3n) is 2.53. The molecule has 0 aliphatic heterocycles. The molecule has 1 atom stereocenters. The minimum Gasteiger partial charge on any atom is -0.271 e. The number of halogens is 2. The SMILES string of the molecule is NNC(Cc1ccc(Cl)cc1F)c1cccs1. The molecule has 0 saturated heterocycles. The molecule has 1 aromatic heterocycles. The highest BCUT2D eigenvalue weighted by Gasteiger charge is 2.14. The molecule has 0 saturated carbocycles. The van der Waals surface area contributed by atoms with E-state index in [-0.39, 0.29) is 11.9 Å². The Bertz CT molecular complexity index is 487. The first-order chi connectivity index (χ1) is 8.20. The first-order valence-corrected chi connectivity index (χ1v) is 6.40. The second kappa shape index (κ2) is 5.60. The molecule has 90 valence electrons. The lowest BCUT2D eigenvalue weighted by Crippen LogP contribution is -2.29. The van der Waals surface area contributed by atoms with Gasteiger partial charge in [0.25, 0.3) is 0 Å². The third-order valence-corrected chi connectivity index (χ3v) is 3.75. The van der Waals surface area contributed by atoms with Crippen LogP contribution in [0.2, 0.25) is 5.02 Å². The molecule has 0 radical (unpaired) electrons. The van der Waals surface area contributed by atoms with Gasteiger partial charge in [-0.25, -0.2) is 4.39 Å². The molecular formula is C12H12ClFN2S. The van der Waals surface area contributed by atoms with Gasteiger partial charge in [-0.05, 0) is 35.6 Å². The molecule has 0 amide bonds. The molecule has 17 heavy (non-hydrogen) atoms. The van der Waals surface area contributed by atoms with Crippen LogP contribution in [0.4, 0.5) is 4.39 Å². The summed E-state index contributed by atoms with van der Waals surface area (Å²) in [5, 5.41) is 2.37. The van der Waals surface area contributed by atoms with Gasteiger partial charge in [-0.3, -0.25) is 11.3 Å². The van der Waals surface area contributed by atoms with Gasteiger partial charge in [0, 0.05) is 9.90 Å². The fourth-order valence-corrected chi connectivity index (χ4v) is 2.58. The predicted molar refractivity (Wildman–Crippen MR) is 69.5 cm³/mol. The van der Waals surface area contributed by atoms with Crippen LogP contribution in [0.25, 0.3) is 0 Å². The van der Waals surface area contributed by atoms with E-state index in [1.54, 1.807) is 23.5 Å². The summed E-state index contributed by atoms with van der Waals surface area (Å²) >= 11 is 7.30. The summed E-state index contributed by atoms with van der Waals surface area (Å²) in [6.07, 6.45) is 0.500. The molecule has 0 fully saturated rings. The number of hydrogen-bond donors (Lipinski definition) is 2. The zero-order valence-corrected chi connectivity index (χ0v) is 10.6. The number of hydrogen-bond acceptors (Lipinski definition) is 3. The average molecular weight is 271 g/mol. The van der Waals surface area contributed by atoms with Crippen LogP contribution in [0.3, 0.4) is 0 Å². The lowest BCUT2D eigenvalue weighted by molar-refractivity contribution is 0.535. The van der Waals surface area contributed by atoms with E-state index >= 15 is 0 Å². The molecule has 3 N–H and O–H groups in total. The van der Waals surface area contributed by atoms with Crippen molar-refractivity contribution in [3.63, 3.8) is 0 Å². The van der Waals surface area contributed by atoms with Crippen LogP contribution in [0, 0.1) is 5.82 Å². The van der Waals surface area contributed by atoms with Gasteiger partial charge in [0.1, 0.15) is 5.82 Å². The molecule has 0 aliphatic carbocycles. The van der Waals surface area contributed by atoms with E-state index in [0.29, 0.717) is 17.0 Å². The Kier molecular flexibility index (Phi) is 4.12. The Balaban J connectivity index is 2.19. The highest BCUT2D eigenvalue weighted by atomic mass is 35.5. The van der Waals surface area contributed by atoms with Crippen molar-refractivity contribution in [2.24, 2.45) is 5.84 Å². The first kappa shape index (κ1) is 12.5. The summed E-state index contributed by atoms with van der Waals surface area (Å²) < 4.78 is 13.6. The molecule has 0 aliphatic rings. The zero-order valence-electron chi connectivity index (χ0n) is 8.99. The van der Waals surface area contributed by atoms with Crippen LogP contribution in [0.1, 0.15) is 16.5 Å². The lowest BCUT2D eigenvalue weighted by Gasteiger charge is -2.14. The van der Waals surface area contributed by atoms with Crippen molar-refractivity contribution >= 4 is 22.9 Å². The van der Waals surface area contributed by atoms with Gasteiger partial charge in [0.15, 0.2) is 0 Å². The number of nitrogens with one attached hydrogen (secondary N) is 1. The topological polar surface area (TPSA) is 38.0 Å². The summed E-state index contributed by atoms with van der Waals surface area (Å²) in [6, 6.07) is 8.54. The molecule has 1 aromatic carbocycles. The highest BCUT2D eigenvalue weighted by Crippen LogP contribution is 2.24. The molecule has 2 aromatic rings. The van der Waals surface area contributed by atoms with Crippen LogP contribution in [-0.2, 0) is 6.42 Å². The molecule has 2 nitrogen and oxygen atoms in total. The quantitative estimate of drug-likeness (QED) is 0.661. The fourth-order valence-electron chi connectivity index (χ4n) is 1.64. The smallest absolute Gasteiger partial charge is 0.127 e. The van der Waals surface area contributed by atoms with E-state index in [2.05, 4.69) is 5.43 Å². The van der Waals surface area contributed by atoms with Crippen molar-refractivity contribution in [3.05, 3.63) is 57.0 Å². The van der Waals surface area contributed by atoms with Crippen LogP contribution >= 0.6 is 22.9 Å². The van der Waals surface area contributed by atoms with Gasteiger partial charge in [-0.1, -0.05) is 23.7 Å². The van der Waals surface area contributed by atoms with Gasteiger partial charge in [-0.2, -0.15) is 0 Å². The number of rotatable bonds is 4. The number of hydrazine groups is 1. The van der Waals surface area contributed by atoms with Crippen molar-refractivity contribution in [3.8, 4) is 0 Å². The van der Waals surface area contributed by atoms with Gasteiger partial charge in [0.2, 0.25) is 0 Å². The Morgan fingerprint density at radius 2 is 2.24 bits per heavy atom. The van der Waals surface area contributed by atoms with Crippen molar-refractivity contribution in [2.45, 2.75) is 12.5 Å². The maximum Gasteiger partial charge on any atom is 0.127 e. The summed E-state index contributed by atoms with van der Waals surface area (Å²) in [5.41, 5.74) is 3.31. The van der Waals surface area contributed by atoms with Crippen LogP contribution in [-0.4, -0.2) is 0 Å². The monoisotopic (exact) mass is 270 g/mol. The second-order valence-corrected chi connectivity index (χ2v) is 5.09. The van der Waals surface area contributed by atoms with Crippen molar-refractivity contribution in [1.82, 2.24) is 5.43 Å². The van der Waals surface area contributed by atoms with Crippen molar-refractivity contribution < 1.29 is 4.39 Å². The Morgan fingerprint density at radius 3 is 2.82 bits per heavy atom. The Morgan fingerprint density at radius 1 is 1.41 bits per heavy atom. The van der Waals surface area contributed by atoms with Gasteiger partial charge in [-0.15, -0.1) is 11.3 Å². The second-order valence-electron chi connectivity index (χ2n) is 3.67. The standard InChI is InChI=1S/C12H12ClFN2S/c13-9-4-3-8(10(14)7-9)6-11(16-15)12-2-1-5-17-12/h1-5,7,11,16H,6,15H2. The highest BCUT2D eigenvalue weighted by molar-refractivity contribution is 7.10. The summed E-state index contributed by atoms with van der Waals surface area (Å²) in [6.45, 7) is 0. The average Bonchev–Trinajstić information content (AvgIpc) is 2.81. The van der Waals surface area contributed by atoms with E-state index in [9.17, 15) is 4.39 Å². The van der Waals surface area contributed by atoms with E-state index < -0.39 is 0 Å². The van der Waals surface area contributed by atoms with Gasteiger partial charge in [0.05, 0.1) is 6.04 Å². The van der Waals surface area contributed by atoms with E-state index in [4.69, 9.17) is 17.4 Å². The molecule has 1 unspecified atom stereocenters. The van der Waals surface area contributed by atoms with Crippen molar-refractivity contribution in [1.29, 1.82) is 0 Å². The molecule has 2 rings (SSSR count). The maximum atomic E-state index is 13.6. The first-order valence-electron chi connectivity index (χ1n) is 5.14. The normalized spacial score (nSPS) is 12.6. The lowest BCUT2D eigenvalue weighted by atomic mass is 10.0. The third kappa shape index (κ3) is 3.04. The molecule has 1 heterocycles. The zero-order chi connectivity index (χ0) is 12.3. The maximum absolute atomic E-state index is 13.6. The number of thiophene rings is 1. The van der Waals surface area contributed by atoms with Gasteiger partial charge >= 0.3 is 0 Å². The minimum atomic E-state index is -0.297. The van der Waals surface area contributed by atoms with Crippen LogP contribution in [0.15, 0.2) is 35.7 Å². The molecule has 0 bridgehead atoms. The van der Waals surface area contributed by atoms with E-state index in [1.165, 1.54) is 6.07 Å². The number of nitrogens with two attached hydrogens (primary N) is 1. The minimum absolute atomic E-state index is 0.0781. The van der Waals surface area contributed by atoms with Crippen LogP contribution < -0.4 is 11.3 Å². The Labute approximate surface area is 108 Å². The molecule has 0 spiro atoms. The summed E-state index contributed by atoms with van der Waals surface area (Å²) in [5.74, 6) is 5.20. The van der Waals surface area contributed by atoms with E-state index in [0.717, 1.165) is 4.88 Å². The molecular weight excluding hydrogens is 259 g/mol. The Hall–Kier alpha value is -0.940. The molecule has 5 heteroatoms. The van der Waals surface area contributed by atoms with Gasteiger partial charge < -0.3 is 0 Å². The van der Waals surface area contributed by atoms with Crippen molar-refractivity contribution in [2.75, 3.05) is 0 Å². The fraction of sp³-hybridized carbons (Fsp3) is 0.167. The van der Waals surface area contributed by atoms with E-state index in [1.807, 2.05) is 17.5 Å². The van der Waals surface area contributed by atoms with Crippen LogP contribution in [0.5, 0.6) is 0 Å². The summed E-state index contributed by atoms with van der Waals surface area (Å²) in [7, 11) is 0. The summed E-state index contributed by atoms with van der Waals surface area (Å²) in [4.78, 5) is 1.09. The predicted octanol–water partition coefficient (Wildman–Crippen LogP) is 3.29. The largest absolute Gasteiger partial charge is 0.271 e.